The van der Waals surface area contributed by atoms with Crippen LogP contribution in [-0.2, 0) is 19.1 Å². The third-order valence-corrected chi connectivity index (χ3v) is 2.89. The molecule has 0 aromatic rings. The van der Waals surface area contributed by atoms with Crippen LogP contribution in [0.4, 0.5) is 0 Å². The molecule has 0 unspecified atom stereocenters. The number of hydrogen-bond acceptors (Lipinski definition) is 6. The molecule has 0 amide bonds. The topological polar surface area (TPSA) is 110 Å². The number of carbonyl (C=O) groups is 3. The van der Waals surface area contributed by atoms with Crippen LogP contribution in [0.1, 0.15) is 64.7 Å². The fraction of sp³-hybridized carbons (Fsp3) is 0.786. The Bertz CT molecular complexity index is 322. The predicted octanol–water partition coefficient (Wildman–Crippen LogP) is -2.33. The molecule has 6 nitrogen and oxygen atoms in total. The Morgan fingerprint density at radius 2 is 1.57 bits per heavy atom. The standard InChI is InChI=1S/C14H25NO5.Na/c1-2-3-4-5-6-7-8-9-13(18)20-14(19)11(15)10-12(16)17;/h11H,2-10,15H2,1H3,(H,16,17);/q;+1/p-1/t11-;/m0./s1. The van der Waals surface area contributed by atoms with E-state index in [0.29, 0.717) is 6.42 Å². The molecule has 0 aliphatic heterocycles. The molecule has 0 aliphatic carbocycles. The van der Waals surface area contributed by atoms with Crippen LogP contribution in [0.2, 0.25) is 0 Å². The molecule has 0 heterocycles. The molecule has 21 heavy (non-hydrogen) atoms. The molecule has 0 radical (unpaired) electrons. The summed E-state index contributed by atoms with van der Waals surface area (Å²) in [7, 11) is 0. The van der Waals surface area contributed by atoms with E-state index in [1.165, 1.54) is 19.3 Å². The van der Waals surface area contributed by atoms with Crippen LogP contribution in [0.5, 0.6) is 0 Å². The van der Waals surface area contributed by atoms with E-state index in [0.717, 1.165) is 19.3 Å². The first-order chi connectivity index (χ1) is 9.47. The quantitative estimate of drug-likeness (QED) is 0.198. The van der Waals surface area contributed by atoms with E-state index in [4.69, 9.17) is 5.73 Å². The summed E-state index contributed by atoms with van der Waals surface area (Å²) in [6, 6.07) is -1.35. The van der Waals surface area contributed by atoms with Crippen LogP contribution in [0.15, 0.2) is 0 Å². The molecule has 1 atom stereocenters. The Morgan fingerprint density at radius 1 is 1.05 bits per heavy atom. The smallest absolute Gasteiger partial charge is 0.550 e. The third kappa shape index (κ3) is 14.3. The van der Waals surface area contributed by atoms with Crippen LogP contribution >= 0.6 is 0 Å². The zero-order valence-electron chi connectivity index (χ0n) is 13.1. The summed E-state index contributed by atoms with van der Waals surface area (Å²) in [5, 5.41) is 10.2. The molecule has 0 aromatic carbocycles. The summed E-state index contributed by atoms with van der Waals surface area (Å²) >= 11 is 0. The van der Waals surface area contributed by atoms with Crippen molar-refractivity contribution in [2.45, 2.75) is 70.8 Å². The first-order valence-electron chi connectivity index (χ1n) is 7.17. The van der Waals surface area contributed by atoms with Gasteiger partial charge in [-0.25, -0.2) is 4.79 Å². The monoisotopic (exact) mass is 309 g/mol. The number of esters is 2. The minimum absolute atomic E-state index is 0. The zero-order valence-corrected chi connectivity index (χ0v) is 15.1. The molecule has 0 spiro atoms. The predicted molar refractivity (Wildman–Crippen MR) is 71.3 cm³/mol. The number of carbonyl (C=O) groups excluding carboxylic acids is 3. The van der Waals surface area contributed by atoms with E-state index in [1.807, 2.05) is 0 Å². The second-order valence-corrected chi connectivity index (χ2v) is 4.85. The molecule has 2 N–H and O–H groups in total. The molecule has 0 aliphatic rings. The summed E-state index contributed by atoms with van der Waals surface area (Å²) in [6.07, 6.45) is 6.92. The number of hydrogen-bond donors (Lipinski definition) is 1. The van der Waals surface area contributed by atoms with E-state index >= 15 is 0 Å². The van der Waals surface area contributed by atoms with Gasteiger partial charge in [0.1, 0.15) is 6.04 Å². The van der Waals surface area contributed by atoms with Crippen LogP contribution < -0.4 is 40.4 Å². The Hall–Kier alpha value is -0.430. The second-order valence-electron chi connectivity index (χ2n) is 4.85. The average molecular weight is 309 g/mol. The SMILES string of the molecule is CCCCCCCCCC(=O)OC(=O)[C@@H](N)CC(=O)[O-].[Na+]. The Labute approximate surface area is 148 Å². The van der Waals surface area contributed by atoms with Crippen molar-refractivity contribution < 1.29 is 53.8 Å². The van der Waals surface area contributed by atoms with Crippen molar-refractivity contribution in [3.05, 3.63) is 0 Å². The van der Waals surface area contributed by atoms with Gasteiger partial charge in [-0.3, -0.25) is 4.79 Å². The fourth-order valence-electron chi connectivity index (χ4n) is 1.73. The molecule has 0 saturated carbocycles. The number of carboxylic acid groups (broad SMARTS) is 1. The molecular weight excluding hydrogens is 285 g/mol. The van der Waals surface area contributed by atoms with Gasteiger partial charge < -0.3 is 20.4 Å². The maximum atomic E-state index is 11.3. The molecule has 0 fully saturated rings. The Morgan fingerprint density at radius 3 is 2.10 bits per heavy atom. The van der Waals surface area contributed by atoms with Crippen molar-refractivity contribution in [2.24, 2.45) is 5.73 Å². The number of ether oxygens (including phenoxy) is 1. The van der Waals surface area contributed by atoms with Gasteiger partial charge in [0, 0.05) is 18.8 Å². The van der Waals surface area contributed by atoms with Gasteiger partial charge in [-0.05, 0) is 6.42 Å². The number of aliphatic carboxylic acids is 1. The number of rotatable bonds is 11. The first-order valence-corrected chi connectivity index (χ1v) is 7.17. The normalized spacial score (nSPS) is 11.3. The summed E-state index contributed by atoms with van der Waals surface area (Å²) < 4.78 is 4.46. The summed E-state index contributed by atoms with van der Waals surface area (Å²) in [5.74, 6) is -3.12. The van der Waals surface area contributed by atoms with E-state index in [-0.39, 0.29) is 36.0 Å². The van der Waals surface area contributed by atoms with Gasteiger partial charge in [-0.15, -0.1) is 0 Å². The van der Waals surface area contributed by atoms with Gasteiger partial charge in [0.15, 0.2) is 0 Å². The van der Waals surface area contributed by atoms with Crippen molar-refractivity contribution in [1.82, 2.24) is 0 Å². The summed E-state index contributed by atoms with van der Waals surface area (Å²) in [4.78, 5) is 32.8. The van der Waals surface area contributed by atoms with Gasteiger partial charge in [0.05, 0.1) is 0 Å². The van der Waals surface area contributed by atoms with Crippen LogP contribution in [0, 0.1) is 0 Å². The van der Waals surface area contributed by atoms with E-state index in [2.05, 4.69) is 11.7 Å². The summed E-state index contributed by atoms with van der Waals surface area (Å²) in [6.45, 7) is 2.15. The fourth-order valence-corrected chi connectivity index (χ4v) is 1.73. The maximum Gasteiger partial charge on any atom is 1.00 e. The zero-order chi connectivity index (χ0) is 15.4. The van der Waals surface area contributed by atoms with Crippen LogP contribution in [0.3, 0.4) is 0 Å². The van der Waals surface area contributed by atoms with Crippen LogP contribution in [-0.4, -0.2) is 23.9 Å². The van der Waals surface area contributed by atoms with Gasteiger partial charge in [0.25, 0.3) is 0 Å². The molecule has 7 heteroatoms. The van der Waals surface area contributed by atoms with Gasteiger partial charge in [-0.1, -0.05) is 45.4 Å². The minimum Gasteiger partial charge on any atom is -0.550 e. The minimum atomic E-state index is -1.45. The molecule has 0 rings (SSSR count). The van der Waals surface area contributed by atoms with E-state index < -0.39 is 30.4 Å². The van der Waals surface area contributed by atoms with E-state index in [9.17, 15) is 19.5 Å². The van der Waals surface area contributed by atoms with Crippen LogP contribution in [0.25, 0.3) is 0 Å². The Kier molecular flexibility index (Phi) is 15.8. The van der Waals surface area contributed by atoms with Gasteiger partial charge in [-0.2, -0.15) is 0 Å². The number of nitrogens with two attached hydrogens (primary N) is 1. The molecule has 0 bridgehead atoms. The van der Waals surface area contributed by atoms with Crippen molar-refractivity contribution in [1.29, 1.82) is 0 Å². The molecular formula is C14H24NNaO5. The summed E-state index contributed by atoms with van der Waals surface area (Å²) in [5.41, 5.74) is 5.24. The number of unbranched alkanes of at least 4 members (excludes halogenated alkanes) is 6. The largest absolute Gasteiger partial charge is 1.00 e. The molecule has 116 valence electrons. The third-order valence-electron chi connectivity index (χ3n) is 2.89. The van der Waals surface area contributed by atoms with Crippen molar-refractivity contribution in [3.8, 4) is 0 Å². The van der Waals surface area contributed by atoms with Crippen molar-refractivity contribution in [3.63, 3.8) is 0 Å². The molecule has 0 saturated heterocycles. The Balaban J connectivity index is 0. The molecule has 0 aromatic heterocycles. The second kappa shape index (κ2) is 14.5. The first kappa shape index (κ1) is 22.8. The van der Waals surface area contributed by atoms with Gasteiger partial charge >= 0.3 is 41.5 Å². The van der Waals surface area contributed by atoms with E-state index in [1.54, 1.807) is 0 Å². The maximum absolute atomic E-state index is 11.3. The van der Waals surface area contributed by atoms with Gasteiger partial charge in [0.2, 0.25) is 0 Å². The van der Waals surface area contributed by atoms with Crippen molar-refractivity contribution >= 4 is 17.9 Å². The number of carboxylic acids is 1. The van der Waals surface area contributed by atoms with Crippen molar-refractivity contribution in [2.75, 3.05) is 0 Å². The average Bonchev–Trinajstić information content (AvgIpc) is 2.36.